The molecule has 2 heteroatoms. The number of hydrogen-bond acceptors (Lipinski definition) is 2. The molecule has 0 aromatic heterocycles. The van der Waals surface area contributed by atoms with Crippen molar-refractivity contribution in [3.8, 4) is 0 Å². The van der Waals surface area contributed by atoms with Crippen LogP contribution in [0.4, 0.5) is 0 Å². The normalized spacial score (nSPS) is 22.7. The fraction of sp³-hybridized carbons (Fsp3) is 0.625. The molecule has 0 amide bonds. The first-order valence-electron chi connectivity index (χ1n) is 3.77. The van der Waals surface area contributed by atoms with Gasteiger partial charge in [-0.25, -0.2) is 0 Å². The van der Waals surface area contributed by atoms with Gasteiger partial charge in [-0.05, 0) is 12.8 Å². The third-order valence-corrected chi connectivity index (χ3v) is 1.49. The van der Waals surface area contributed by atoms with Crippen molar-refractivity contribution in [2.45, 2.75) is 32.3 Å². The highest BCUT2D eigenvalue weighted by Crippen LogP contribution is 2.05. The Hall–Kier alpha value is -0.790. The van der Waals surface area contributed by atoms with E-state index in [1.807, 2.05) is 6.21 Å². The lowest BCUT2D eigenvalue weighted by atomic mass is 10.2. The summed E-state index contributed by atoms with van der Waals surface area (Å²) in [5.41, 5.74) is 0. The van der Waals surface area contributed by atoms with E-state index in [-0.39, 0.29) is 6.10 Å². The third-order valence-electron chi connectivity index (χ3n) is 1.49. The molecule has 1 rings (SSSR count). The Balaban J connectivity index is 2.17. The van der Waals surface area contributed by atoms with Crippen LogP contribution in [-0.2, 0) is 4.74 Å². The van der Waals surface area contributed by atoms with Gasteiger partial charge in [0.2, 0.25) is 0 Å². The summed E-state index contributed by atoms with van der Waals surface area (Å²) in [6, 6.07) is 0. The predicted molar refractivity (Wildman–Crippen MR) is 42.0 cm³/mol. The minimum atomic E-state index is 0.227. The molecule has 0 aromatic rings. The van der Waals surface area contributed by atoms with Gasteiger partial charge in [-0.2, -0.15) is 0 Å². The number of ether oxygens (including phenoxy) is 1. The smallest absolute Gasteiger partial charge is 0.133 e. The summed E-state index contributed by atoms with van der Waals surface area (Å²) in [6.07, 6.45) is 8.93. The lowest BCUT2D eigenvalue weighted by molar-refractivity contribution is 0.191. The minimum Gasteiger partial charge on any atom is -0.491 e. The maximum absolute atomic E-state index is 5.25. The molecule has 0 aromatic carbocycles. The second-order valence-corrected chi connectivity index (χ2v) is 2.40. The molecule has 1 atom stereocenters. The highest BCUT2D eigenvalue weighted by molar-refractivity contribution is 5.64. The summed E-state index contributed by atoms with van der Waals surface area (Å²) in [7, 11) is 0. The number of rotatable bonds is 3. The number of unbranched alkanes of at least 4 members (excludes halogenated alkanes) is 1. The molecule has 56 valence electrons. The van der Waals surface area contributed by atoms with Crippen LogP contribution in [0.25, 0.3) is 0 Å². The van der Waals surface area contributed by atoms with Crippen LogP contribution >= 0.6 is 0 Å². The van der Waals surface area contributed by atoms with Gasteiger partial charge in [-0.1, -0.05) is 13.3 Å². The molecule has 0 radical (unpaired) electrons. The van der Waals surface area contributed by atoms with E-state index < -0.39 is 0 Å². The molecule has 1 aliphatic heterocycles. The van der Waals surface area contributed by atoms with Gasteiger partial charge >= 0.3 is 0 Å². The maximum Gasteiger partial charge on any atom is 0.133 e. The van der Waals surface area contributed by atoms with E-state index in [1.165, 1.54) is 12.8 Å². The number of nitrogens with zero attached hydrogens (tertiary/aromatic N) is 1. The van der Waals surface area contributed by atoms with Gasteiger partial charge in [0, 0.05) is 6.21 Å². The first-order valence-corrected chi connectivity index (χ1v) is 3.77. The maximum atomic E-state index is 5.25. The largest absolute Gasteiger partial charge is 0.491 e. The molecular formula is C8H13NO. The monoisotopic (exact) mass is 139 g/mol. The Labute approximate surface area is 61.6 Å². The van der Waals surface area contributed by atoms with Gasteiger partial charge in [0.25, 0.3) is 0 Å². The summed E-state index contributed by atoms with van der Waals surface area (Å²) in [6.45, 7) is 2.18. The van der Waals surface area contributed by atoms with Crippen molar-refractivity contribution in [1.29, 1.82) is 0 Å². The summed E-state index contributed by atoms with van der Waals surface area (Å²) in [4.78, 5) is 3.98. The lowest BCUT2D eigenvalue weighted by Gasteiger charge is -2.12. The van der Waals surface area contributed by atoms with E-state index in [0.29, 0.717) is 0 Å². The van der Waals surface area contributed by atoms with E-state index >= 15 is 0 Å². The van der Waals surface area contributed by atoms with Crippen LogP contribution in [0.1, 0.15) is 26.2 Å². The highest BCUT2D eigenvalue weighted by Gasteiger charge is 2.04. The van der Waals surface area contributed by atoms with Gasteiger partial charge in [0.05, 0.1) is 6.20 Å². The van der Waals surface area contributed by atoms with Crippen molar-refractivity contribution < 1.29 is 4.74 Å². The lowest BCUT2D eigenvalue weighted by Crippen LogP contribution is -2.12. The fourth-order valence-electron chi connectivity index (χ4n) is 0.900. The molecule has 1 aliphatic rings. The number of aliphatic imine (C=N–C) groups is 1. The van der Waals surface area contributed by atoms with Crippen LogP contribution in [0, 0.1) is 0 Å². The second-order valence-electron chi connectivity index (χ2n) is 2.40. The zero-order chi connectivity index (χ0) is 7.23. The van der Waals surface area contributed by atoms with Crippen molar-refractivity contribution in [3.63, 3.8) is 0 Å². The van der Waals surface area contributed by atoms with Gasteiger partial charge in [0.15, 0.2) is 0 Å². The van der Waals surface area contributed by atoms with E-state index in [1.54, 1.807) is 12.5 Å². The van der Waals surface area contributed by atoms with Gasteiger partial charge in [0.1, 0.15) is 12.4 Å². The van der Waals surface area contributed by atoms with Gasteiger partial charge in [-0.15, -0.1) is 0 Å². The molecule has 0 spiro atoms. The van der Waals surface area contributed by atoms with Crippen LogP contribution in [0.5, 0.6) is 0 Å². The summed E-state index contributed by atoms with van der Waals surface area (Å²) in [5, 5.41) is 0. The molecule has 0 bridgehead atoms. The van der Waals surface area contributed by atoms with Crippen molar-refractivity contribution in [1.82, 2.24) is 0 Å². The molecule has 1 heterocycles. The molecule has 1 unspecified atom stereocenters. The molecule has 0 saturated heterocycles. The Morgan fingerprint density at radius 3 is 3.10 bits per heavy atom. The van der Waals surface area contributed by atoms with E-state index in [4.69, 9.17) is 4.74 Å². The summed E-state index contributed by atoms with van der Waals surface area (Å²) < 4.78 is 5.25. The predicted octanol–water partition coefficient (Wildman–Crippen LogP) is 2.12. The molecule has 0 N–H and O–H groups in total. The van der Waals surface area contributed by atoms with Crippen LogP contribution < -0.4 is 0 Å². The molecule has 0 fully saturated rings. The van der Waals surface area contributed by atoms with E-state index in [0.717, 1.165) is 6.42 Å². The Morgan fingerprint density at radius 1 is 1.60 bits per heavy atom. The Kier molecular flexibility index (Phi) is 3.00. The standard InChI is InChI=1S/C8H13NO/c1-2-3-4-8-7-9-5-6-10-8/h5-8H,2-4H2,1H3. The van der Waals surface area contributed by atoms with Gasteiger partial charge in [-0.3, -0.25) is 4.99 Å². The van der Waals surface area contributed by atoms with Crippen LogP contribution in [0.3, 0.4) is 0 Å². The first-order chi connectivity index (χ1) is 4.93. The average molecular weight is 139 g/mol. The van der Waals surface area contributed by atoms with Gasteiger partial charge < -0.3 is 4.74 Å². The SMILES string of the molecule is CCCCC1C=NC=CO1. The van der Waals surface area contributed by atoms with Crippen molar-refractivity contribution in [2.75, 3.05) is 0 Å². The Morgan fingerprint density at radius 2 is 2.50 bits per heavy atom. The summed E-state index contributed by atoms with van der Waals surface area (Å²) >= 11 is 0. The Bertz CT molecular complexity index is 140. The zero-order valence-electron chi connectivity index (χ0n) is 6.29. The summed E-state index contributed by atoms with van der Waals surface area (Å²) in [5.74, 6) is 0. The molecule has 0 aliphatic carbocycles. The zero-order valence-corrected chi connectivity index (χ0v) is 6.29. The quantitative estimate of drug-likeness (QED) is 0.587. The average Bonchev–Trinajstić information content (AvgIpc) is 2.03. The third kappa shape index (κ3) is 2.21. The highest BCUT2D eigenvalue weighted by atomic mass is 16.5. The van der Waals surface area contributed by atoms with Crippen molar-refractivity contribution in [3.05, 3.63) is 12.5 Å². The van der Waals surface area contributed by atoms with Crippen LogP contribution in [-0.4, -0.2) is 12.3 Å². The molecular weight excluding hydrogens is 126 g/mol. The number of hydrogen-bond donors (Lipinski definition) is 0. The van der Waals surface area contributed by atoms with Crippen LogP contribution in [0.15, 0.2) is 17.5 Å². The van der Waals surface area contributed by atoms with E-state index in [9.17, 15) is 0 Å². The van der Waals surface area contributed by atoms with Crippen molar-refractivity contribution >= 4 is 6.21 Å². The topological polar surface area (TPSA) is 21.6 Å². The molecule has 2 nitrogen and oxygen atoms in total. The first kappa shape index (κ1) is 7.32. The second kappa shape index (κ2) is 4.09. The minimum absolute atomic E-state index is 0.227. The molecule has 0 saturated carbocycles. The van der Waals surface area contributed by atoms with Crippen molar-refractivity contribution in [2.24, 2.45) is 4.99 Å². The van der Waals surface area contributed by atoms with E-state index in [2.05, 4.69) is 11.9 Å². The molecule has 10 heavy (non-hydrogen) atoms. The van der Waals surface area contributed by atoms with Crippen LogP contribution in [0.2, 0.25) is 0 Å². The fourth-order valence-corrected chi connectivity index (χ4v) is 0.900.